The molecule has 21 heavy (non-hydrogen) atoms. The summed E-state index contributed by atoms with van der Waals surface area (Å²) >= 11 is 0. The van der Waals surface area contributed by atoms with Crippen molar-refractivity contribution in [3.8, 4) is 0 Å². The molecule has 1 fully saturated rings. The quantitative estimate of drug-likeness (QED) is 0.768. The second-order valence-electron chi connectivity index (χ2n) is 4.44. The summed E-state index contributed by atoms with van der Waals surface area (Å²) in [5, 5.41) is 11.4. The van der Waals surface area contributed by atoms with Gasteiger partial charge in [-0.05, 0) is 12.1 Å². The maximum atomic E-state index is 12.5. The minimum absolute atomic E-state index is 0.113. The van der Waals surface area contributed by atoms with Crippen molar-refractivity contribution in [2.24, 2.45) is 0 Å². The molecule has 8 heteroatoms. The lowest BCUT2D eigenvalue weighted by atomic mass is 10.1. The van der Waals surface area contributed by atoms with Crippen molar-refractivity contribution < 1.29 is 24.2 Å². The van der Waals surface area contributed by atoms with E-state index in [1.165, 1.54) is 30.3 Å². The third-order valence-electron chi connectivity index (χ3n) is 3.16. The molecule has 2 heterocycles. The number of amides is 2. The van der Waals surface area contributed by atoms with Gasteiger partial charge in [0.25, 0.3) is 5.91 Å². The van der Waals surface area contributed by atoms with Crippen molar-refractivity contribution in [1.29, 1.82) is 0 Å². The van der Waals surface area contributed by atoms with E-state index in [9.17, 15) is 14.4 Å². The van der Waals surface area contributed by atoms with Crippen LogP contribution in [-0.2, 0) is 9.53 Å². The summed E-state index contributed by atoms with van der Waals surface area (Å²) in [6, 6.07) is 1.89. The molecule has 0 aromatic carbocycles. The second-order valence-corrected chi connectivity index (χ2v) is 4.44. The summed E-state index contributed by atoms with van der Waals surface area (Å²) in [5.74, 6) is -1.96. The van der Waals surface area contributed by atoms with Gasteiger partial charge in [-0.25, -0.2) is 9.78 Å². The monoisotopic (exact) mass is 293 g/mol. The third kappa shape index (κ3) is 3.16. The van der Waals surface area contributed by atoms with Crippen LogP contribution in [0.1, 0.15) is 20.8 Å². The molecule has 2 N–H and O–H groups in total. The molecule has 1 aliphatic rings. The van der Waals surface area contributed by atoms with Crippen LogP contribution in [0, 0.1) is 0 Å². The molecule has 1 atom stereocenters. The fourth-order valence-corrected chi connectivity index (χ4v) is 2.08. The number of rotatable bonds is 3. The van der Waals surface area contributed by atoms with Gasteiger partial charge in [0, 0.05) is 25.4 Å². The van der Waals surface area contributed by atoms with Crippen molar-refractivity contribution in [2.45, 2.75) is 6.04 Å². The number of morpholine rings is 1. The molecule has 0 aliphatic carbocycles. The molecule has 1 unspecified atom stereocenters. The molecule has 0 radical (unpaired) electrons. The molecular formula is C13H15N3O5. The highest BCUT2D eigenvalue weighted by Gasteiger charge is 2.33. The Labute approximate surface area is 120 Å². The number of nitrogens with zero attached hydrogens (tertiary/aromatic N) is 2. The molecule has 2 amide bonds. The van der Waals surface area contributed by atoms with Crippen LogP contribution in [0.2, 0.25) is 0 Å². The number of pyridine rings is 1. The molecule has 1 aromatic heterocycles. The number of ether oxygens (including phenoxy) is 1. The first-order valence-electron chi connectivity index (χ1n) is 6.34. The highest BCUT2D eigenvalue weighted by Crippen LogP contribution is 2.13. The number of likely N-dealkylation sites (N-methyl/N-ethyl adjacent to an activating group) is 1. The molecule has 1 aliphatic heterocycles. The first-order valence-corrected chi connectivity index (χ1v) is 6.34. The molecule has 1 aromatic rings. The predicted octanol–water partition coefficient (Wildman–Crippen LogP) is -0.633. The van der Waals surface area contributed by atoms with Gasteiger partial charge >= 0.3 is 5.97 Å². The molecule has 0 saturated carbocycles. The third-order valence-corrected chi connectivity index (χ3v) is 3.16. The van der Waals surface area contributed by atoms with E-state index in [2.05, 4.69) is 10.3 Å². The van der Waals surface area contributed by atoms with Gasteiger partial charge in [-0.3, -0.25) is 9.59 Å². The zero-order valence-electron chi connectivity index (χ0n) is 11.4. The Kier molecular flexibility index (Phi) is 4.49. The van der Waals surface area contributed by atoms with E-state index in [1.807, 2.05) is 0 Å². The first-order chi connectivity index (χ1) is 10.0. The van der Waals surface area contributed by atoms with Crippen LogP contribution >= 0.6 is 0 Å². The zero-order chi connectivity index (χ0) is 15.4. The van der Waals surface area contributed by atoms with Crippen molar-refractivity contribution in [3.63, 3.8) is 0 Å². The summed E-state index contributed by atoms with van der Waals surface area (Å²) in [6.45, 7) is 0.708. The lowest BCUT2D eigenvalue weighted by Gasteiger charge is -2.34. The fourth-order valence-electron chi connectivity index (χ4n) is 2.08. The van der Waals surface area contributed by atoms with Gasteiger partial charge in [0.2, 0.25) is 5.91 Å². The van der Waals surface area contributed by atoms with Crippen LogP contribution in [-0.4, -0.2) is 65.6 Å². The Bertz CT molecular complexity index is 575. The van der Waals surface area contributed by atoms with E-state index in [4.69, 9.17) is 9.84 Å². The van der Waals surface area contributed by atoms with Gasteiger partial charge in [-0.2, -0.15) is 0 Å². The molecule has 0 bridgehead atoms. The molecular weight excluding hydrogens is 278 g/mol. The van der Waals surface area contributed by atoms with E-state index in [1.54, 1.807) is 0 Å². The largest absolute Gasteiger partial charge is 0.477 e. The van der Waals surface area contributed by atoms with Gasteiger partial charge in [-0.15, -0.1) is 0 Å². The average Bonchev–Trinajstić information content (AvgIpc) is 2.53. The normalized spacial score (nSPS) is 18.1. The average molecular weight is 293 g/mol. The van der Waals surface area contributed by atoms with E-state index in [0.29, 0.717) is 6.61 Å². The van der Waals surface area contributed by atoms with Crippen LogP contribution in [0.25, 0.3) is 0 Å². The number of carboxylic acid groups (broad SMARTS) is 1. The summed E-state index contributed by atoms with van der Waals surface area (Å²) in [7, 11) is 1.48. The fraction of sp³-hybridized carbons (Fsp3) is 0.385. The van der Waals surface area contributed by atoms with Crippen LogP contribution in [0.3, 0.4) is 0 Å². The lowest BCUT2D eigenvalue weighted by molar-refractivity contribution is -0.130. The Morgan fingerprint density at radius 3 is 2.90 bits per heavy atom. The van der Waals surface area contributed by atoms with E-state index in [0.717, 1.165) is 0 Å². The Balaban J connectivity index is 2.26. The van der Waals surface area contributed by atoms with Gasteiger partial charge in [0.1, 0.15) is 11.7 Å². The number of carboxylic acids is 1. The maximum absolute atomic E-state index is 12.5. The van der Waals surface area contributed by atoms with Crippen LogP contribution in [0.15, 0.2) is 18.3 Å². The van der Waals surface area contributed by atoms with Crippen LogP contribution in [0.5, 0.6) is 0 Å². The zero-order valence-corrected chi connectivity index (χ0v) is 11.4. The first kappa shape index (κ1) is 14.9. The van der Waals surface area contributed by atoms with Gasteiger partial charge in [0.05, 0.1) is 13.2 Å². The SMILES string of the molecule is CNC(=O)C1COCCN1C(=O)c1ccnc(C(=O)O)c1. The number of aromatic nitrogens is 1. The number of carbonyl (C=O) groups is 3. The van der Waals surface area contributed by atoms with Gasteiger partial charge < -0.3 is 20.1 Å². The number of hydrogen-bond donors (Lipinski definition) is 2. The second kappa shape index (κ2) is 6.31. The predicted molar refractivity (Wildman–Crippen MR) is 70.9 cm³/mol. The van der Waals surface area contributed by atoms with E-state index in [-0.39, 0.29) is 30.3 Å². The molecule has 2 rings (SSSR count). The standard InChI is InChI=1S/C13H15N3O5/c1-14-11(17)10-7-21-5-4-16(10)12(18)8-2-3-15-9(6-8)13(19)20/h2-3,6,10H,4-5,7H2,1H3,(H,14,17)(H,19,20). The smallest absolute Gasteiger partial charge is 0.354 e. The number of hydrogen-bond acceptors (Lipinski definition) is 5. The summed E-state index contributed by atoms with van der Waals surface area (Å²) in [6.07, 6.45) is 1.26. The summed E-state index contributed by atoms with van der Waals surface area (Å²) in [4.78, 5) is 40.2. The van der Waals surface area contributed by atoms with Crippen LogP contribution in [0.4, 0.5) is 0 Å². The summed E-state index contributed by atoms with van der Waals surface area (Å²) < 4.78 is 5.22. The Morgan fingerprint density at radius 2 is 2.24 bits per heavy atom. The molecule has 112 valence electrons. The van der Waals surface area contributed by atoms with Crippen LogP contribution < -0.4 is 5.32 Å². The van der Waals surface area contributed by atoms with Crippen molar-refractivity contribution in [1.82, 2.24) is 15.2 Å². The van der Waals surface area contributed by atoms with Gasteiger partial charge in [-0.1, -0.05) is 0 Å². The van der Waals surface area contributed by atoms with Gasteiger partial charge in [0.15, 0.2) is 0 Å². The molecule has 8 nitrogen and oxygen atoms in total. The summed E-state index contributed by atoms with van der Waals surface area (Å²) in [5.41, 5.74) is -0.0381. The maximum Gasteiger partial charge on any atom is 0.354 e. The van der Waals surface area contributed by atoms with Crippen molar-refractivity contribution in [3.05, 3.63) is 29.6 Å². The highest BCUT2D eigenvalue weighted by molar-refractivity contribution is 5.99. The molecule has 1 saturated heterocycles. The molecule has 0 spiro atoms. The number of carbonyl (C=O) groups excluding carboxylic acids is 2. The highest BCUT2D eigenvalue weighted by atomic mass is 16.5. The minimum atomic E-state index is -1.21. The van der Waals surface area contributed by atoms with Crippen molar-refractivity contribution in [2.75, 3.05) is 26.8 Å². The lowest BCUT2D eigenvalue weighted by Crippen LogP contribution is -2.55. The Hall–Kier alpha value is -2.48. The minimum Gasteiger partial charge on any atom is -0.477 e. The van der Waals surface area contributed by atoms with E-state index >= 15 is 0 Å². The Morgan fingerprint density at radius 1 is 1.48 bits per heavy atom. The number of aromatic carboxylic acids is 1. The number of nitrogens with one attached hydrogen (secondary N) is 1. The van der Waals surface area contributed by atoms with Crippen molar-refractivity contribution >= 4 is 17.8 Å². The van der Waals surface area contributed by atoms with E-state index < -0.39 is 17.9 Å². The topological polar surface area (TPSA) is 109 Å².